The maximum atomic E-state index is 4.66. The lowest BCUT2D eigenvalue weighted by molar-refractivity contribution is 0.785. The molecule has 0 spiro atoms. The highest BCUT2D eigenvalue weighted by Gasteiger charge is 2.13. The number of nitrogens with zero attached hydrogens (tertiary/aromatic N) is 3. The molecule has 4 aromatic rings. The zero-order chi connectivity index (χ0) is 25.5. The minimum atomic E-state index is 0.762. The topological polar surface area (TPSA) is 82.3 Å². The standard InChI is InChI=1S/C30H32N6/c1-6-21(16-31-9-4)14-22(7-2)20(5)13-25-27(8-3)35-36-30(25)28-15-24-26(18-33-19-29(24)34-28)23-11-10-12-32-17-23/h6-8,10-15,17-19,31,34-35H,1,5,9,16H2,2-4H3/b21-14+,22-7+,25-13+,27-8+. The summed E-state index contributed by atoms with van der Waals surface area (Å²) >= 11 is 0. The number of H-pyrrole nitrogens is 2. The predicted molar refractivity (Wildman–Crippen MR) is 150 cm³/mol. The van der Waals surface area contributed by atoms with E-state index < -0.39 is 0 Å². The molecule has 0 saturated heterocycles. The molecule has 0 aliphatic rings. The van der Waals surface area contributed by atoms with Gasteiger partial charge in [-0.15, -0.1) is 0 Å². The minimum absolute atomic E-state index is 0.762. The van der Waals surface area contributed by atoms with Crippen LogP contribution in [-0.2, 0) is 0 Å². The van der Waals surface area contributed by atoms with Gasteiger partial charge < -0.3 is 10.3 Å². The fourth-order valence-electron chi connectivity index (χ4n) is 4.14. The average Bonchev–Trinajstić information content (AvgIpc) is 3.52. The van der Waals surface area contributed by atoms with Gasteiger partial charge in [0.05, 0.1) is 22.8 Å². The second-order valence-electron chi connectivity index (χ2n) is 8.38. The third kappa shape index (κ3) is 5.19. The predicted octanol–water partition coefficient (Wildman–Crippen LogP) is 4.82. The number of aromatic nitrogens is 5. The zero-order valence-corrected chi connectivity index (χ0v) is 21.1. The summed E-state index contributed by atoms with van der Waals surface area (Å²) in [4.78, 5) is 12.2. The summed E-state index contributed by atoms with van der Waals surface area (Å²) in [7, 11) is 0. The minimum Gasteiger partial charge on any atom is -0.352 e. The van der Waals surface area contributed by atoms with E-state index in [0.717, 1.165) is 73.8 Å². The summed E-state index contributed by atoms with van der Waals surface area (Å²) < 4.78 is 0. The molecule has 6 heteroatoms. The first kappa shape index (κ1) is 24.8. The SMILES string of the molecule is C=C/C(=C\C(=C/C)C(=C)/C=c1/c(-c2cc3c(-c4cccnc4)cncc3[nH]2)n[nH]/c1=C/C)CNCC. The van der Waals surface area contributed by atoms with E-state index in [9.17, 15) is 0 Å². The van der Waals surface area contributed by atoms with Crippen molar-refractivity contribution >= 4 is 23.1 Å². The van der Waals surface area contributed by atoms with Crippen LogP contribution in [0, 0.1) is 0 Å². The van der Waals surface area contributed by atoms with Crippen molar-refractivity contribution in [1.29, 1.82) is 0 Å². The van der Waals surface area contributed by atoms with Crippen LogP contribution >= 0.6 is 0 Å². The quantitative estimate of drug-likeness (QED) is 0.303. The molecule has 0 fully saturated rings. The molecular formula is C30H32N6. The number of aromatic amines is 2. The van der Waals surface area contributed by atoms with Gasteiger partial charge in [-0.25, -0.2) is 0 Å². The molecule has 36 heavy (non-hydrogen) atoms. The Morgan fingerprint density at radius 1 is 1.17 bits per heavy atom. The summed E-state index contributed by atoms with van der Waals surface area (Å²) in [6.07, 6.45) is 17.5. The lowest BCUT2D eigenvalue weighted by Crippen LogP contribution is -2.23. The molecule has 4 rings (SSSR count). The second-order valence-corrected chi connectivity index (χ2v) is 8.38. The van der Waals surface area contributed by atoms with Gasteiger partial charge in [-0.3, -0.25) is 15.1 Å². The zero-order valence-electron chi connectivity index (χ0n) is 21.1. The summed E-state index contributed by atoms with van der Waals surface area (Å²) in [5.74, 6) is 0. The Morgan fingerprint density at radius 3 is 2.72 bits per heavy atom. The number of allylic oxidation sites excluding steroid dienone is 4. The van der Waals surface area contributed by atoms with Crippen molar-refractivity contribution in [2.24, 2.45) is 0 Å². The maximum Gasteiger partial charge on any atom is 0.116 e. The Hall–Kier alpha value is -4.29. The van der Waals surface area contributed by atoms with Gasteiger partial charge >= 0.3 is 0 Å². The summed E-state index contributed by atoms with van der Waals surface area (Å²) in [5.41, 5.74) is 7.76. The summed E-state index contributed by atoms with van der Waals surface area (Å²) in [6, 6.07) is 6.09. The van der Waals surface area contributed by atoms with Crippen LogP contribution in [0.25, 0.3) is 45.6 Å². The van der Waals surface area contributed by atoms with E-state index in [0.29, 0.717) is 0 Å². The molecule has 0 aliphatic carbocycles. The Labute approximate surface area is 211 Å². The van der Waals surface area contributed by atoms with Crippen LogP contribution in [0.4, 0.5) is 0 Å². The normalized spacial score (nSPS) is 13.5. The monoisotopic (exact) mass is 476 g/mol. The number of rotatable bonds is 9. The van der Waals surface area contributed by atoms with Crippen molar-refractivity contribution < 1.29 is 0 Å². The highest BCUT2D eigenvalue weighted by Crippen LogP contribution is 2.29. The van der Waals surface area contributed by atoms with Crippen molar-refractivity contribution in [3.05, 3.63) is 102 Å². The van der Waals surface area contributed by atoms with Gasteiger partial charge in [-0.05, 0) is 55.3 Å². The Bertz CT molecular complexity index is 1560. The van der Waals surface area contributed by atoms with E-state index in [2.05, 4.69) is 74.8 Å². The van der Waals surface area contributed by atoms with Crippen LogP contribution in [0.3, 0.4) is 0 Å². The number of pyridine rings is 2. The molecule has 0 unspecified atom stereocenters. The van der Waals surface area contributed by atoms with Crippen molar-refractivity contribution in [2.45, 2.75) is 20.8 Å². The van der Waals surface area contributed by atoms with Gasteiger partial charge in [0.2, 0.25) is 0 Å². The maximum absolute atomic E-state index is 4.66. The van der Waals surface area contributed by atoms with Gasteiger partial charge in [0.25, 0.3) is 0 Å². The Balaban J connectivity index is 1.80. The van der Waals surface area contributed by atoms with Crippen LogP contribution in [0.2, 0.25) is 0 Å². The van der Waals surface area contributed by atoms with Gasteiger partial charge in [0.1, 0.15) is 5.69 Å². The Morgan fingerprint density at radius 2 is 2.03 bits per heavy atom. The molecule has 0 radical (unpaired) electrons. The average molecular weight is 477 g/mol. The van der Waals surface area contributed by atoms with Crippen molar-refractivity contribution in [3.8, 4) is 22.5 Å². The lowest BCUT2D eigenvalue weighted by atomic mass is 10.0. The molecule has 6 nitrogen and oxygen atoms in total. The third-order valence-corrected chi connectivity index (χ3v) is 6.08. The number of hydrogen-bond acceptors (Lipinski definition) is 4. The fourth-order valence-corrected chi connectivity index (χ4v) is 4.14. The molecule has 4 heterocycles. The van der Waals surface area contributed by atoms with Gasteiger partial charge in [-0.2, -0.15) is 5.10 Å². The number of hydrogen-bond donors (Lipinski definition) is 3. The highest BCUT2D eigenvalue weighted by atomic mass is 15.1. The first-order chi connectivity index (χ1) is 17.6. The van der Waals surface area contributed by atoms with Crippen LogP contribution in [0.1, 0.15) is 20.8 Å². The van der Waals surface area contributed by atoms with Gasteiger partial charge in [0.15, 0.2) is 0 Å². The molecule has 0 atom stereocenters. The van der Waals surface area contributed by atoms with Crippen LogP contribution in [-0.4, -0.2) is 38.2 Å². The van der Waals surface area contributed by atoms with Crippen molar-refractivity contribution in [1.82, 2.24) is 30.5 Å². The van der Waals surface area contributed by atoms with E-state index >= 15 is 0 Å². The van der Waals surface area contributed by atoms with Crippen LogP contribution < -0.4 is 15.9 Å². The third-order valence-electron chi connectivity index (χ3n) is 6.08. The number of nitrogens with one attached hydrogen (secondary N) is 3. The van der Waals surface area contributed by atoms with E-state index in [1.165, 1.54) is 0 Å². The molecule has 0 amide bonds. The molecular weight excluding hydrogens is 444 g/mol. The van der Waals surface area contributed by atoms with Crippen LogP contribution in [0.15, 0.2) is 91.1 Å². The largest absolute Gasteiger partial charge is 0.352 e. The Kier molecular flexibility index (Phi) is 7.88. The van der Waals surface area contributed by atoms with Crippen molar-refractivity contribution in [3.63, 3.8) is 0 Å². The lowest BCUT2D eigenvalue weighted by Gasteiger charge is -2.06. The molecule has 4 aromatic heterocycles. The number of fused-ring (bicyclic) bond motifs is 1. The van der Waals surface area contributed by atoms with E-state index in [-0.39, 0.29) is 0 Å². The molecule has 0 bridgehead atoms. The molecule has 3 N–H and O–H groups in total. The van der Waals surface area contributed by atoms with Gasteiger partial charge in [0, 0.05) is 46.9 Å². The van der Waals surface area contributed by atoms with Crippen molar-refractivity contribution in [2.75, 3.05) is 13.1 Å². The molecule has 0 saturated carbocycles. The van der Waals surface area contributed by atoms with E-state index in [4.69, 9.17) is 0 Å². The fraction of sp³-hybridized carbons (Fsp3) is 0.167. The number of likely N-dealkylation sites (N-methyl/N-ethyl adjacent to an activating group) is 1. The first-order valence-electron chi connectivity index (χ1n) is 12.1. The molecule has 0 aromatic carbocycles. The summed E-state index contributed by atoms with van der Waals surface area (Å²) in [5, 5.41) is 14.2. The van der Waals surface area contributed by atoms with E-state index in [1.807, 2.05) is 56.7 Å². The van der Waals surface area contributed by atoms with Gasteiger partial charge in [-0.1, -0.05) is 50.5 Å². The molecule has 182 valence electrons. The first-order valence-corrected chi connectivity index (χ1v) is 12.1. The molecule has 0 aliphatic heterocycles. The summed E-state index contributed by atoms with van der Waals surface area (Å²) in [6.45, 7) is 16.1. The van der Waals surface area contributed by atoms with E-state index in [1.54, 1.807) is 6.20 Å². The highest BCUT2D eigenvalue weighted by molar-refractivity contribution is 5.97. The van der Waals surface area contributed by atoms with Crippen LogP contribution in [0.5, 0.6) is 0 Å². The smallest absolute Gasteiger partial charge is 0.116 e. The second kappa shape index (κ2) is 11.4.